The average molecular weight is 517 g/mol. The van der Waals surface area contributed by atoms with Crippen LogP contribution in [0.3, 0.4) is 0 Å². The lowest BCUT2D eigenvalue weighted by molar-refractivity contribution is 0.122. The van der Waals surface area contributed by atoms with Gasteiger partial charge in [-0.05, 0) is 18.9 Å². The minimum Gasteiger partial charge on any atom is -0.378 e. The first-order chi connectivity index (χ1) is 17.0. The van der Waals surface area contributed by atoms with Crippen molar-refractivity contribution in [2.75, 3.05) is 63.1 Å². The number of rotatable bonds is 6. The largest absolute Gasteiger partial charge is 0.378 e. The van der Waals surface area contributed by atoms with Crippen LogP contribution in [-0.4, -0.2) is 95.3 Å². The Balaban J connectivity index is 1.26. The molecule has 35 heavy (non-hydrogen) atoms. The Morgan fingerprint density at radius 2 is 1.74 bits per heavy atom. The Kier molecular flexibility index (Phi) is 6.05. The maximum absolute atomic E-state index is 12.6. The highest BCUT2D eigenvalue weighted by molar-refractivity contribution is 7.90. The number of morpholine rings is 1. The molecule has 0 radical (unpaired) electrons. The van der Waals surface area contributed by atoms with Crippen LogP contribution in [0, 0.1) is 0 Å². The summed E-state index contributed by atoms with van der Waals surface area (Å²) in [5, 5.41) is -0.144. The van der Waals surface area contributed by atoms with Crippen LogP contribution in [0.4, 0.5) is 11.8 Å². The van der Waals surface area contributed by atoms with Gasteiger partial charge in [-0.1, -0.05) is 0 Å². The summed E-state index contributed by atoms with van der Waals surface area (Å²) in [7, 11) is -3.10. The second kappa shape index (κ2) is 9.21. The van der Waals surface area contributed by atoms with Crippen molar-refractivity contribution < 1.29 is 13.2 Å². The molecular weight excluding hydrogens is 488 g/mol. The third-order valence-corrected chi connectivity index (χ3v) is 10.2. The lowest BCUT2D eigenvalue weighted by atomic mass is 10.3. The lowest BCUT2D eigenvalue weighted by Crippen LogP contribution is -2.49. The number of nitrogen functional groups attached to an aromatic ring is 1. The molecule has 0 spiro atoms. The number of hydrogen-bond acceptors (Lipinski definition) is 11. The SMILES string of the molecule is Nc1ncc(-c2nc(N3CCOCC3)c3sc(CN4CCN(S(=O)(=O)C5CC5)CC4)cc3n2)cn1. The predicted octanol–water partition coefficient (Wildman–Crippen LogP) is 1.18. The van der Waals surface area contributed by atoms with Crippen LogP contribution < -0.4 is 10.6 Å². The number of nitrogens with two attached hydrogens (primary N) is 1. The molecule has 3 aromatic rings. The predicted molar refractivity (Wildman–Crippen MR) is 135 cm³/mol. The van der Waals surface area contributed by atoms with Gasteiger partial charge in [0.25, 0.3) is 0 Å². The maximum Gasteiger partial charge on any atom is 0.219 e. The quantitative estimate of drug-likeness (QED) is 0.509. The van der Waals surface area contributed by atoms with Crippen molar-refractivity contribution in [3.63, 3.8) is 0 Å². The number of piperazine rings is 1. The molecule has 186 valence electrons. The van der Waals surface area contributed by atoms with Crippen molar-refractivity contribution in [3.8, 4) is 11.4 Å². The fraction of sp³-hybridized carbons (Fsp3) is 0.545. The summed E-state index contributed by atoms with van der Waals surface area (Å²) in [4.78, 5) is 23.7. The maximum atomic E-state index is 12.6. The normalized spacial score (nSPS) is 20.5. The highest BCUT2D eigenvalue weighted by Gasteiger charge is 2.41. The van der Waals surface area contributed by atoms with Crippen molar-refractivity contribution in [1.82, 2.24) is 29.1 Å². The molecule has 1 saturated carbocycles. The molecule has 0 unspecified atom stereocenters. The van der Waals surface area contributed by atoms with Crippen molar-refractivity contribution in [2.45, 2.75) is 24.6 Å². The zero-order chi connectivity index (χ0) is 24.0. The summed E-state index contributed by atoms with van der Waals surface area (Å²) in [6.45, 7) is 6.22. The zero-order valence-electron chi connectivity index (χ0n) is 19.3. The van der Waals surface area contributed by atoms with Gasteiger partial charge in [-0.25, -0.2) is 28.4 Å². The van der Waals surface area contributed by atoms with Crippen molar-refractivity contribution in [2.24, 2.45) is 0 Å². The highest BCUT2D eigenvalue weighted by atomic mass is 32.2. The third-order valence-electron chi connectivity index (χ3n) is 6.66. The van der Waals surface area contributed by atoms with E-state index < -0.39 is 10.0 Å². The van der Waals surface area contributed by atoms with E-state index in [2.05, 4.69) is 25.8 Å². The number of fused-ring (bicyclic) bond motifs is 1. The molecular formula is C22H28N8O3S2. The van der Waals surface area contributed by atoms with Crippen molar-refractivity contribution >= 4 is 43.3 Å². The van der Waals surface area contributed by atoms with E-state index in [1.807, 2.05) is 0 Å². The van der Waals surface area contributed by atoms with Gasteiger partial charge < -0.3 is 15.4 Å². The van der Waals surface area contributed by atoms with E-state index in [1.165, 1.54) is 4.88 Å². The lowest BCUT2D eigenvalue weighted by Gasteiger charge is -2.33. The summed E-state index contributed by atoms with van der Waals surface area (Å²) in [6, 6.07) is 2.13. The number of thiophene rings is 1. The summed E-state index contributed by atoms with van der Waals surface area (Å²) in [5.74, 6) is 1.69. The van der Waals surface area contributed by atoms with E-state index >= 15 is 0 Å². The van der Waals surface area contributed by atoms with Gasteiger partial charge >= 0.3 is 0 Å². The number of sulfonamides is 1. The van der Waals surface area contributed by atoms with Gasteiger partial charge in [-0.15, -0.1) is 11.3 Å². The molecule has 2 saturated heterocycles. The molecule has 3 aliphatic rings. The number of hydrogen-bond donors (Lipinski definition) is 1. The molecule has 13 heteroatoms. The number of ether oxygens (including phenoxy) is 1. The van der Waals surface area contributed by atoms with Crippen LogP contribution >= 0.6 is 11.3 Å². The Bertz CT molecular complexity index is 1310. The number of aromatic nitrogens is 4. The summed E-state index contributed by atoms with van der Waals surface area (Å²) in [5.41, 5.74) is 7.27. The van der Waals surface area contributed by atoms with Gasteiger partial charge in [-0.3, -0.25) is 4.90 Å². The number of nitrogens with zero attached hydrogens (tertiary/aromatic N) is 7. The Morgan fingerprint density at radius 1 is 1.03 bits per heavy atom. The van der Waals surface area contributed by atoms with Gasteiger partial charge in [0.15, 0.2) is 11.6 Å². The van der Waals surface area contributed by atoms with Crippen LogP contribution in [0.5, 0.6) is 0 Å². The van der Waals surface area contributed by atoms with Crippen LogP contribution in [-0.2, 0) is 21.3 Å². The minimum absolute atomic E-state index is 0.144. The van der Waals surface area contributed by atoms with E-state index in [1.54, 1.807) is 28.0 Å². The Hall–Kier alpha value is -2.45. The van der Waals surface area contributed by atoms with Gasteiger partial charge in [0.05, 0.1) is 34.2 Å². The fourth-order valence-electron chi connectivity index (χ4n) is 4.55. The van der Waals surface area contributed by atoms with Crippen molar-refractivity contribution in [1.29, 1.82) is 0 Å². The summed E-state index contributed by atoms with van der Waals surface area (Å²) >= 11 is 1.71. The molecule has 0 atom stereocenters. The van der Waals surface area contributed by atoms with E-state index in [0.717, 1.165) is 67.2 Å². The Labute approximate surface area is 208 Å². The molecule has 0 aromatic carbocycles. The summed E-state index contributed by atoms with van der Waals surface area (Å²) in [6.07, 6.45) is 4.91. The molecule has 2 N–H and O–H groups in total. The van der Waals surface area contributed by atoms with Gasteiger partial charge in [-0.2, -0.15) is 4.31 Å². The van der Waals surface area contributed by atoms with E-state index in [9.17, 15) is 8.42 Å². The standard InChI is InChI=1S/C22H28N8O3S2/c23-22-24-12-15(13-25-22)20-26-18-11-16(34-19(18)21(27-20)29-7-9-33-10-8-29)14-28-3-5-30(6-4-28)35(31,32)17-1-2-17/h11-13,17H,1-10,14H2,(H2,23,24,25). The van der Waals surface area contributed by atoms with Gasteiger partial charge in [0.2, 0.25) is 16.0 Å². The molecule has 3 fully saturated rings. The first-order valence-corrected chi connectivity index (χ1v) is 14.2. The molecule has 5 heterocycles. The Morgan fingerprint density at radius 3 is 2.43 bits per heavy atom. The molecule has 0 bridgehead atoms. The molecule has 2 aliphatic heterocycles. The first-order valence-electron chi connectivity index (χ1n) is 11.9. The average Bonchev–Trinajstić information content (AvgIpc) is 3.66. The molecule has 3 aromatic heterocycles. The van der Waals surface area contributed by atoms with Gasteiger partial charge in [0, 0.05) is 63.1 Å². The topological polar surface area (TPSA) is 131 Å². The smallest absolute Gasteiger partial charge is 0.219 e. The number of anilines is 2. The second-order valence-electron chi connectivity index (χ2n) is 9.15. The molecule has 0 amide bonds. The summed E-state index contributed by atoms with van der Waals surface area (Å²) < 4.78 is 33.4. The van der Waals surface area contributed by atoms with E-state index in [4.69, 9.17) is 20.4 Å². The molecule has 11 nitrogen and oxygen atoms in total. The first kappa shape index (κ1) is 23.0. The third kappa shape index (κ3) is 4.70. The van der Waals surface area contributed by atoms with Crippen LogP contribution in [0.1, 0.15) is 17.7 Å². The second-order valence-corrected chi connectivity index (χ2v) is 12.5. The van der Waals surface area contributed by atoms with E-state index in [-0.39, 0.29) is 11.2 Å². The van der Waals surface area contributed by atoms with Crippen molar-refractivity contribution in [3.05, 3.63) is 23.3 Å². The monoisotopic (exact) mass is 516 g/mol. The van der Waals surface area contributed by atoms with E-state index in [0.29, 0.717) is 32.1 Å². The molecule has 1 aliphatic carbocycles. The molecule has 6 rings (SSSR count). The fourth-order valence-corrected chi connectivity index (χ4v) is 7.53. The minimum atomic E-state index is -3.10. The highest BCUT2D eigenvalue weighted by Crippen LogP contribution is 2.35. The van der Waals surface area contributed by atoms with Crippen LogP contribution in [0.15, 0.2) is 18.5 Å². The van der Waals surface area contributed by atoms with Crippen LogP contribution in [0.2, 0.25) is 0 Å². The van der Waals surface area contributed by atoms with Gasteiger partial charge in [0.1, 0.15) is 0 Å². The van der Waals surface area contributed by atoms with Crippen LogP contribution in [0.25, 0.3) is 21.6 Å². The zero-order valence-corrected chi connectivity index (χ0v) is 21.0.